The van der Waals surface area contributed by atoms with Crippen molar-refractivity contribution in [3.8, 4) is 0 Å². The van der Waals surface area contributed by atoms with Crippen molar-refractivity contribution in [3.63, 3.8) is 0 Å². The molecule has 0 radical (unpaired) electrons. The molecule has 0 bridgehead atoms. The monoisotopic (exact) mass is 374 g/mol. The van der Waals surface area contributed by atoms with Gasteiger partial charge in [0.25, 0.3) is 0 Å². The minimum atomic E-state index is -3.20. The van der Waals surface area contributed by atoms with Crippen molar-refractivity contribution in [2.24, 2.45) is 0 Å². The highest BCUT2D eigenvalue weighted by molar-refractivity contribution is 6.75. The van der Waals surface area contributed by atoms with Crippen molar-refractivity contribution < 1.29 is 13.3 Å². The number of fused-ring (bicyclic) bond motifs is 1. The van der Waals surface area contributed by atoms with Gasteiger partial charge in [0.2, 0.25) is 0 Å². The molecule has 0 atom stereocenters. The molecule has 0 spiro atoms. The first-order valence-electron chi connectivity index (χ1n) is 9.29. The Bertz CT molecular complexity index is 708. The molecule has 0 aliphatic heterocycles. The summed E-state index contributed by atoms with van der Waals surface area (Å²) < 4.78 is 19.8. The minimum absolute atomic E-state index is 0.394. The number of rotatable bonds is 4. The van der Waals surface area contributed by atoms with Gasteiger partial charge in [0.15, 0.2) is 0 Å². The third-order valence-electron chi connectivity index (χ3n) is 3.42. The summed E-state index contributed by atoms with van der Waals surface area (Å²) in [7, 11) is -3.20. The van der Waals surface area contributed by atoms with Gasteiger partial charge in [-0.2, -0.15) is 0 Å². The first-order valence-corrected chi connectivity index (χ1v) is 11.0. The predicted octanol–water partition coefficient (Wildman–Crippen LogP) is 5.43. The van der Waals surface area contributed by atoms with E-state index in [1.165, 1.54) is 5.39 Å². The summed E-state index contributed by atoms with van der Waals surface area (Å²) in [4.78, 5) is 0. The lowest BCUT2D eigenvalue weighted by Gasteiger charge is -2.43. The highest BCUT2D eigenvalue weighted by atomic mass is 28.4. The first-order chi connectivity index (χ1) is 11.7. The Hall–Kier alpha value is -1.20. The molecule has 0 aromatic heterocycles. The Morgan fingerprint density at radius 2 is 1.00 bits per heavy atom. The lowest BCUT2D eigenvalue weighted by molar-refractivity contribution is -0.0655. The molecule has 0 unspecified atom stereocenters. The van der Waals surface area contributed by atoms with Crippen molar-refractivity contribution in [2.75, 3.05) is 0 Å². The average Bonchev–Trinajstić information content (AvgIpc) is 2.41. The van der Waals surface area contributed by atoms with Crippen molar-refractivity contribution in [3.05, 3.63) is 42.5 Å². The second kappa shape index (κ2) is 7.08. The summed E-state index contributed by atoms with van der Waals surface area (Å²) in [5, 5.41) is 3.35. The molecule has 0 heterocycles. The van der Waals surface area contributed by atoms with Crippen LogP contribution in [-0.2, 0) is 13.3 Å². The van der Waals surface area contributed by atoms with Crippen LogP contribution in [0.2, 0.25) is 0 Å². The fourth-order valence-electron chi connectivity index (χ4n) is 2.83. The second-order valence-corrected chi connectivity index (χ2v) is 12.1. The fraction of sp³-hybridized carbons (Fsp3) is 0.545. The average molecular weight is 375 g/mol. The summed E-state index contributed by atoms with van der Waals surface area (Å²) in [6, 6.07) is 14.7. The van der Waals surface area contributed by atoms with Crippen molar-refractivity contribution in [1.82, 2.24) is 0 Å². The Kier molecular flexibility index (Phi) is 5.75. The van der Waals surface area contributed by atoms with E-state index in [2.05, 4.69) is 42.5 Å². The summed E-state index contributed by atoms with van der Waals surface area (Å²) in [5.74, 6) is 0. The molecular weight excluding hydrogens is 340 g/mol. The van der Waals surface area contributed by atoms with E-state index in [1.54, 1.807) is 0 Å². The smallest absolute Gasteiger partial charge is 0.365 e. The molecule has 0 saturated carbocycles. The molecule has 0 aliphatic rings. The summed E-state index contributed by atoms with van der Waals surface area (Å²) >= 11 is 0. The summed E-state index contributed by atoms with van der Waals surface area (Å²) in [6.45, 7) is 18.4. The van der Waals surface area contributed by atoms with Gasteiger partial charge in [-0.25, -0.2) is 0 Å². The molecule has 144 valence electrons. The van der Waals surface area contributed by atoms with Gasteiger partial charge >= 0.3 is 8.80 Å². The number of hydrogen-bond donors (Lipinski definition) is 0. The molecule has 0 N–H and O–H groups in total. The van der Waals surface area contributed by atoms with Crippen LogP contribution in [0, 0.1) is 0 Å². The minimum Gasteiger partial charge on any atom is -0.365 e. The van der Waals surface area contributed by atoms with E-state index in [-0.39, 0.29) is 0 Å². The molecule has 0 amide bonds. The van der Waals surface area contributed by atoms with Crippen LogP contribution in [-0.4, -0.2) is 25.6 Å². The maximum Gasteiger partial charge on any atom is 0.538 e. The van der Waals surface area contributed by atoms with Gasteiger partial charge in [0.05, 0.1) is 16.8 Å². The van der Waals surface area contributed by atoms with E-state index in [9.17, 15) is 0 Å². The van der Waals surface area contributed by atoms with Gasteiger partial charge in [-0.1, -0.05) is 36.4 Å². The Morgan fingerprint density at radius 1 is 0.577 bits per heavy atom. The van der Waals surface area contributed by atoms with E-state index >= 15 is 0 Å². The van der Waals surface area contributed by atoms with E-state index in [1.807, 2.05) is 62.3 Å². The standard InChI is InChI=1S/C22H34O3Si/c1-20(2,3)23-26(24-21(4,5)6,25-22(7,8)9)19-15-14-17-12-10-11-13-18(17)16-19/h10-16H,1-9H3. The quantitative estimate of drug-likeness (QED) is 0.668. The molecule has 0 aliphatic carbocycles. The summed E-state index contributed by atoms with van der Waals surface area (Å²) in [5.41, 5.74) is -1.18. The zero-order valence-corrected chi connectivity index (χ0v) is 18.8. The van der Waals surface area contributed by atoms with E-state index in [4.69, 9.17) is 13.3 Å². The summed E-state index contributed by atoms with van der Waals surface area (Å²) in [6.07, 6.45) is 0. The Balaban J connectivity index is 2.67. The Morgan fingerprint density at radius 3 is 1.42 bits per heavy atom. The van der Waals surface area contributed by atoms with Gasteiger partial charge < -0.3 is 13.3 Å². The fourth-order valence-corrected chi connectivity index (χ4v) is 6.35. The van der Waals surface area contributed by atoms with Crippen LogP contribution >= 0.6 is 0 Å². The molecular formula is C22H34O3Si. The SMILES string of the molecule is CC(C)(C)O[Si](OC(C)(C)C)(OC(C)(C)C)c1ccc2ccccc2c1. The lowest BCUT2D eigenvalue weighted by Crippen LogP contribution is -2.64. The highest BCUT2D eigenvalue weighted by Crippen LogP contribution is 2.29. The van der Waals surface area contributed by atoms with Gasteiger partial charge in [0.1, 0.15) is 0 Å². The van der Waals surface area contributed by atoms with E-state index < -0.39 is 25.6 Å². The van der Waals surface area contributed by atoms with Crippen molar-refractivity contribution in [1.29, 1.82) is 0 Å². The van der Waals surface area contributed by atoms with Crippen LogP contribution in [0.5, 0.6) is 0 Å². The maximum absolute atomic E-state index is 6.61. The number of benzene rings is 2. The molecule has 2 aromatic carbocycles. The molecule has 2 aromatic rings. The van der Waals surface area contributed by atoms with E-state index in [0.717, 1.165) is 10.6 Å². The molecule has 2 rings (SSSR count). The third-order valence-corrected chi connectivity index (χ3v) is 7.09. The van der Waals surface area contributed by atoms with E-state index in [0.29, 0.717) is 0 Å². The zero-order chi connectivity index (χ0) is 19.8. The zero-order valence-electron chi connectivity index (χ0n) is 17.8. The Labute approximate surface area is 160 Å². The van der Waals surface area contributed by atoms with Gasteiger partial charge in [-0.05, 0) is 79.2 Å². The van der Waals surface area contributed by atoms with Crippen LogP contribution < -0.4 is 5.19 Å². The van der Waals surface area contributed by atoms with Gasteiger partial charge in [0, 0.05) is 5.19 Å². The molecule has 3 nitrogen and oxygen atoms in total. The van der Waals surface area contributed by atoms with Crippen LogP contribution in [0.3, 0.4) is 0 Å². The van der Waals surface area contributed by atoms with Crippen LogP contribution in [0.15, 0.2) is 42.5 Å². The molecule has 0 saturated heterocycles. The predicted molar refractivity (Wildman–Crippen MR) is 112 cm³/mol. The maximum atomic E-state index is 6.61. The van der Waals surface area contributed by atoms with Gasteiger partial charge in [-0.3, -0.25) is 0 Å². The van der Waals surface area contributed by atoms with Gasteiger partial charge in [-0.15, -0.1) is 0 Å². The molecule has 4 heteroatoms. The lowest BCUT2D eigenvalue weighted by atomic mass is 10.1. The third kappa shape index (κ3) is 5.91. The highest BCUT2D eigenvalue weighted by Gasteiger charge is 2.52. The first kappa shape index (κ1) is 21.1. The number of hydrogen-bond acceptors (Lipinski definition) is 3. The molecule has 26 heavy (non-hydrogen) atoms. The van der Waals surface area contributed by atoms with Crippen molar-refractivity contribution in [2.45, 2.75) is 79.1 Å². The molecule has 0 fully saturated rings. The normalized spacial score (nSPS) is 14.0. The van der Waals surface area contributed by atoms with Crippen LogP contribution in [0.25, 0.3) is 10.8 Å². The van der Waals surface area contributed by atoms with Crippen LogP contribution in [0.1, 0.15) is 62.3 Å². The van der Waals surface area contributed by atoms with Crippen LogP contribution in [0.4, 0.5) is 0 Å². The van der Waals surface area contributed by atoms with Crippen molar-refractivity contribution >= 4 is 24.8 Å². The second-order valence-electron chi connectivity index (χ2n) is 9.76. The topological polar surface area (TPSA) is 27.7 Å². The largest absolute Gasteiger partial charge is 0.538 e.